The Morgan fingerprint density at radius 2 is 1.80 bits per heavy atom. The lowest BCUT2D eigenvalue weighted by Gasteiger charge is -2.24. The van der Waals surface area contributed by atoms with Gasteiger partial charge in [-0.25, -0.2) is 9.97 Å². The van der Waals surface area contributed by atoms with Gasteiger partial charge in [-0.3, -0.25) is 0 Å². The Morgan fingerprint density at radius 1 is 1.12 bits per heavy atom. The number of hydrogen-bond donors (Lipinski definition) is 1. The first-order valence-corrected chi connectivity index (χ1v) is 8.77. The summed E-state index contributed by atoms with van der Waals surface area (Å²) in [5.74, 6) is 0.373. The predicted molar refractivity (Wildman–Crippen MR) is 88.5 cm³/mol. The van der Waals surface area contributed by atoms with Gasteiger partial charge in [0.1, 0.15) is 0 Å². The highest BCUT2D eigenvalue weighted by Gasteiger charge is 2.40. The number of aromatic nitrogens is 2. The van der Waals surface area contributed by atoms with Crippen molar-refractivity contribution in [2.24, 2.45) is 11.8 Å². The maximum Gasteiger partial charge on any atom is 0.433 e. The van der Waals surface area contributed by atoms with Gasteiger partial charge >= 0.3 is 6.18 Å². The third-order valence-electron chi connectivity index (χ3n) is 5.13. The van der Waals surface area contributed by atoms with Crippen LogP contribution in [0.5, 0.6) is 0 Å². The molecule has 1 aliphatic heterocycles. The molecule has 0 saturated carbocycles. The second-order valence-electron chi connectivity index (χ2n) is 7.37. The smallest absolute Gasteiger partial charge is 0.396 e. The Kier molecular flexibility index (Phi) is 5.20. The summed E-state index contributed by atoms with van der Waals surface area (Å²) in [6, 6.07) is 0. The molecule has 1 saturated heterocycles. The second-order valence-corrected chi connectivity index (χ2v) is 7.37. The minimum absolute atomic E-state index is 0.0199. The Balaban J connectivity index is 1.92. The summed E-state index contributed by atoms with van der Waals surface area (Å²) in [5, 5.41) is 9.62. The summed E-state index contributed by atoms with van der Waals surface area (Å²) < 4.78 is 40.4. The fourth-order valence-electron chi connectivity index (χ4n) is 3.94. The van der Waals surface area contributed by atoms with E-state index in [1.165, 1.54) is 0 Å². The van der Waals surface area contributed by atoms with Gasteiger partial charge in [0, 0.05) is 43.4 Å². The SMILES string of the molecule is CN(C)C[C@@H]1CN(c2nc3c(c(C(F)(F)F)n2)CCCC3)C[C@@H]1CO. The van der Waals surface area contributed by atoms with Gasteiger partial charge in [-0.05, 0) is 45.7 Å². The lowest BCUT2D eigenvalue weighted by atomic mass is 9.94. The third-order valence-corrected chi connectivity index (χ3v) is 5.13. The fourth-order valence-corrected chi connectivity index (χ4v) is 3.94. The lowest BCUT2D eigenvalue weighted by molar-refractivity contribution is -0.142. The third kappa shape index (κ3) is 3.89. The first-order chi connectivity index (χ1) is 11.8. The molecule has 1 N–H and O–H groups in total. The molecule has 140 valence electrons. The maximum absolute atomic E-state index is 13.5. The van der Waals surface area contributed by atoms with Crippen LogP contribution in [0, 0.1) is 11.8 Å². The van der Waals surface area contributed by atoms with E-state index in [2.05, 4.69) is 9.97 Å². The number of aliphatic hydroxyl groups excluding tert-OH is 1. The summed E-state index contributed by atoms with van der Waals surface area (Å²) in [6.45, 7) is 1.86. The van der Waals surface area contributed by atoms with E-state index in [-0.39, 0.29) is 30.0 Å². The first-order valence-electron chi connectivity index (χ1n) is 8.77. The predicted octanol–water partition coefficient (Wildman–Crippen LogP) is 1.98. The first kappa shape index (κ1) is 18.4. The average molecular weight is 358 g/mol. The summed E-state index contributed by atoms with van der Waals surface area (Å²) >= 11 is 0. The molecule has 0 aromatic carbocycles. The molecule has 8 heteroatoms. The molecule has 1 aliphatic carbocycles. The molecule has 1 aromatic heterocycles. The molecule has 0 bridgehead atoms. The van der Waals surface area contributed by atoms with Crippen LogP contribution in [-0.2, 0) is 19.0 Å². The van der Waals surface area contributed by atoms with Crippen LogP contribution < -0.4 is 4.90 Å². The van der Waals surface area contributed by atoms with Gasteiger partial charge in [-0.1, -0.05) is 0 Å². The molecule has 1 fully saturated rings. The van der Waals surface area contributed by atoms with Crippen LogP contribution in [-0.4, -0.2) is 60.3 Å². The average Bonchev–Trinajstić information content (AvgIpc) is 2.95. The normalized spacial score (nSPS) is 24.0. The van der Waals surface area contributed by atoms with Gasteiger partial charge < -0.3 is 14.9 Å². The van der Waals surface area contributed by atoms with E-state index in [1.807, 2.05) is 19.0 Å². The monoisotopic (exact) mass is 358 g/mol. The summed E-state index contributed by atoms with van der Waals surface area (Å²) in [4.78, 5) is 12.2. The Hall–Kier alpha value is -1.41. The van der Waals surface area contributed by atoms with Crippen LogP contribution in [0.1, 0.15) is 29.8 Å². The number of halogens is 3. The lowest BCUT2D eigenvalue weighted by Crippen LogP contribution is -2.29. The van der Waals surface area contributed by atoms with E-state index in [0.717, 1.165) is 19.4 Å². The van der Waals surface area contributed by atoms with Gasteiger partial charge in [-0.15, -0.1) is 0 Å². The summed E-state index contributed by atoms with van der Waals surface area (Å²) in [6.07, 6.45) is -1.87. The van der Waals surface area contributed by atoms with E-state index in [0.29, 0.717) is 31.6 Å². The molecular formula is C17H25F3N4O. The van der Waals surface area contributed by atoms with Gasteiger partial charge in [0.25, 0.3) is 0 Å². The molecule has 3 rings (SSSR count). The molecule has 0 spiro atoms. The molecule has 0 unspecified atom stereocenters. The van der Waals surface area contributed by atoms with Crippen molar-refractivity contribution in [3.8, 4) is 0 Å². The molecule has 5 nitrogen and oxygen atoms in total. The number of anilines is 1. The van der Waals surface area contributed by atoms with Crippen LogP contribution in [0.25, 0.3) is 0 Å². The second kappa shape index (κ2) is 7.07. The van der Waals surface area contributed by atoms with E-state index >= 15 is 0 Å². The summed E-state index contributed by atoms with van der Waals surface area (Å²) in [7, 11) is 3.91. The van der Waals surface area contributed by atoms with Gasteiger partial charge in [0.15, 0.2) is 5.69 Å². The molecule has 25 heavy (non-hydrogen) atoms. The molecule has 0 radical (unpaired) electrons. The highest BCUT2D eigenvalue weighted by Crippen LogP contribution is 2.36. The number of hydrogen-bond acceptors (Lipinski definition) is 5. The molecule has 2 aliphatic rings. The highest BCUT2D eigenvalue weighted by atomic mass is 19.4. The van der Waals surface area contributed by atoms with Crippen LogP contribution >= 0.6 is 0 Å². The number of rotatable bonds is 4. The maximum atomic E-state index is 13.5. The van der Waals surface area contributed by atoms with Crippen molar-refractivity contribution in [1.29, 1.82) is 0 Å². The fraction of sp³-hybridized carbons (Fsp3) is 0.765. The largest absolute Gasteiger partial charge is 0.433 e. The zero-order valence-corrected chi connectivity index (χ0v) is 14.7. The zero-order chi connectivity index (χ0) is 18.2. The van der Waals surface area contributed by atoms with Gasteiger partial charge in [-0.2, -0.15) is 13.2 Å². The molecule has 1 aromatic rings. The highest BCUT2D eigenvalue weighted by molar-refractivity contribution is 5.41. The topological polar surface area (TPSA) is 52.5 Å². The molecule has 2 atom stereocenters. The van der Waals surface area contributed by atoms with Gasteiger partial charge in [0.2, 0.25) is 5.95 Å². The minimum Gasteiger partial charge on any atom is -0.396 e. The van der Waals surface area contributed by atoms with Gasteiger partial charge in [0.05, 0.1) is 0 Å². The summed E-state index contributed by atoms with van der Waals surface area (Å²) in [5.41, 5.74) is 0.0363. The van der Waals surface area contributed by atoms with Crippen molar-refractivity contribution in [3.05, 3.63) is 17.0 Å². The van der Waals surface area contributed by atoms with Crippen molar-refractivity contribution in [3.63, 3.8) is 0 Å². The van der Waals surface area contributed by atoms with Crippen LogP contribution in [0.3, 0.4) is 0 Å². The van der Waals surface area contributed by atoms with Crippen LogP contribution in [0.4, 0.5) is 19.1 Å². The Bertz CT molecular complexity index is 621. The van der Waals surface area contributed by atoms with E-state index in [4.69, 9.17) is 0 Å². The quantitative estimate of drug-likeness (QED) is 0.892. The van der Waals surface area contributed by atoms with E-state index in [9.17, 15) is 18.3 Å². The van der Waals surface area contributed by atoms with Crippen LogP contribution in [0.2, 0.25) is 0 Å². The van der Waals surface area contributed by atoms with Crippen molar-refractivity contribution in [2.75, 3.05) is 45.2 Å². The number of aliphatic hydroxyl groups is 1. The minimum atomic E-state index is -4.46. The number of fused-ring (bicyclic) bond motifs is 1. The van der Waals surface area contributed by atoms with Crippen LogP contribution in [0.15, 0.2) is 0 Å². The number of alkyl halides is 3. The van der Waals surface area contributed by atoms with Crippen molar-refractivity contribution >= 4 is 5.95 Å². The Labute approximate surface area is 145 Å². The van der Waals surface area contributed by atoms with Crippen molar-refractivity contribution in [1.82, 2.24) is 14.9 Å². The van der Waals surface area contributed by atoms with E-state index < -0.39 is 11.9 Å². The molecule has 0 amide bonds. The number of aryl methyl sites for hydroxylation is 1. The number of nitrogens with zero attached hydrogens (tertiary/aromatic N) is 4. The van der Waals surface area contributed by atoms with Crippen molar-refractivity contribution < 1.29 is 18.3 Å². The molecular weight excluding hydrogens is 333 g/mol. The standard InChI is InChI=1S/C17H25F3N4O/c1-23(2)7-11-8-24(9-12(11)10-25)16-21-14-6-4-3-5-13(14)15(22-16)17(18,19)20/h11-12,25H,3-10H2,1-2H3/t11-,12-/m1/s1. The van der Waals surface area contributed by atoms with E-state index in [1.54, 1.807) is 4.90 Å². The van der Waals surface area contributed by atoms with Crippen molar-refractivity contribution in [2.45, 2.75) is 31.9 Å². The zero-order valence-electron chi connectivity index (χ0n) is 14.7. The Morgan fingerprint density at radius 3 is 2.44 bits per heavy atom. The molecule has 2 heterocycles.